The molecule has 0 unspecified atom stereocenters. The van der Waals surface area contributed by atoms with Crippen LogP contribution in [-0.4, -0.2) is 10.9 Å². The number of anilines is 2. The molecule has 1 amide bonds. The van der Waals surface area contributed by atoms with Crippen molar-refractivity contribution in [1.82, 2.24) is 4.98 Å². The van der Waals surface area contributed by atoms with Gasteiger partial charge >= 0.3 is 0 Å². The van der Waals surface area contributed by atoms with Gasteiger partial charge in [0.2, 0.25) is 0 Å². The van der Waals surface area contributed by atoms with Crippen LogP contribution < -0.4 is 16.6 Å². The SMILES string of the molecule is Cc1cccc(Cl)c1NC(=O)c1ccnc(NN)c1. The summed E-state index contributed by atoms with van der Waals surface area (Å²) in [5.41, 5.74) is 4.34. The average molecular weight is 277 g/mol. The van der Waals surface area contributed by atoms with Gasteiger partial charge in [-0.15, -0.1) is 0 Å². The summed E-state index contributed by atoms with van der Waals surface area (Å²) >= 11 is 6.06. The molecule has 0 radical (unpaired) electrons. The van der Waals surface area contributed by atoms with Crippen LogP contribution >= 0.6 is 11.6 Å². The van der Waals surface area contributed by atoms with Crippen molar-refractivity contribution in [3.05, 3.63) is 52.7 Å². The Labute approximate surface area is 115 Å². The molecule has 0 bridgehead atoms. The van der Waals surface area contributed by atoms with Crippen molar-refractivity contribution < 1.29 is 4.79 Å². The van der Waals surface area contributed by atoms with E-state index in [1.807, 2.05) is 19.1 Å². The lowest BCUT2D eigenvalue weighted by molar-refractivity contribution is 0.102. The van der Waals surface area contributed by atoms with Crippen LogP contribution in [0.15, 0.2) is 36.5 Å². The van der Waals surface area contributed by atoms with Crippen molar-refractivity contribution in [1.29, 1.82) is 0 Å². The number of benzene rings is 1. The Hall–Kier alpha value is -2.11. The topological polar surface area (TPSA) is 80.0 Å². The minimum atomic E-state index is -0.268. The number of aryl methyl sites for hydroxylation is 1. The minimum absolute atomic E-state index is 0.268. The molecule has 2 rings (SSSR count). The van der Waals surface area contributed by atoms with Gasteiger partial charge < -0.3 is 10.7 Å². The fourth-order valence-corrected chi connectivity index (χ4v) is 1.90. The Morgan fingerprint density at radius 3 is 2.84 bits per heavy atom. The predicted molar refractivity (Wildman–Crippen MR) is 76.2 cm³/mol. The molecule has 5 nitrogen and oxygen atoms in total. The van der Waals surface area contributed by atoms with Crippen LogP contribution in [0, 0.1) is 6.92 Å². The van der Waals surface area contributed by atoms with E-state index in [1.165, 1.54) is 6.20 Å². The summed E-state index contributed by atoms with van der Waals surface area (Å²) in [6.45, 7) is 1.88. The zero-order valence-corrected chi connectivity index (χ0v) is 11.0. The van der Waals surface area contributed by atoms with E-state index >= 15 is 0 Å². The molecular formula is C13H13ClN4O. The number of para-hydroxylation sites is 1. The third-order valence-electron chi connectivity index (χ3n) is 2.63. The number of nitrogen functional groups attached to an aromatic ring is 1. The average Bonchev–Trinajstić information content (AvgIpc) is 2.43. The van der Waals surface area contributed by atoms with Crippen LogP contribution in [-0.2, 0) is 0 Å². The van der Waals surface area contributed by atoms with Crippen LogP contribution in [0.5, 0.6) is 0 Å². The van der Waals surface area contributed by atoms with E-state index in [2.05, 4.69) is 15.7 Å². The number of nitrogens with zero attached hydrogens (tertiary/aromatic N) is 1. The maximum absolute atomic E-state index is 12.1. The van der Waals surface area contributed by atoms with Gasteiger partial charge in [0.05, 0.1) is 10.7 Å². The largest absolute Gasteiger partial charge is 0.320 e. The first-order valence-electron chi connectivity index (χ1n) is 5.61. The quantitative estimate of drug-likeness (QED) is 0.595. The van der Waals surface area contributed by atoms with Crippen LogP contribution in [0.4, 0.5) is 11.5 Å². The fourth-order valence-electron chi connectivity index (χ4n) is 1.63. The number of rotatable bonds is 3. The Morgan fingerprint density at radius 2 is 2.16 bits per heavy atom. The molecule has 0 aliphatic carbocycles. The second-order valence-corrected chi connectivity index (χ2v) is 4.37. The maximum Gasteiger partial charge on any atom is 0.255 e. The molecule has 4 N–H and O–H groups in total. The van der Waals surface area contributed by atoms with Gasteiger partial charge in [0.15, 0.2) is 0 Å². The molecule has 6 heteroatoms. The summed E-state index contributed by atoms with van der Waals surface area (Å²) in [7, 11) is 0. The van der Waals surface area contributed by atoms with E-state index in [1.54, 1.807) is 18.2 Å². The second-order valence-electron chi connectivity index (χ2n) is 3.96. The maximum atomic E-state index is 12.1. The summed E-state index contributed by atoms with van der Waals surface area (Å²) in [4.78, 5) is 16.1. The van der Waals surface area contributed by atoms with Crippen molar-refractivity contribution in [3.63, 3.8) is 0 Å². The molecule has 0 aliphatic heterocycles. The first kappa shape index (κ1) is 13.3. The highest BCUT2D eigenvalue weighted by molar-refractivity contribution is 6.34. The van der Waals surface area contributed by atoms with Gasteiger partial charge in [0.25, 0.3) is 5.91 Å². The number of nitrogens with one attached hydrogen (secondary N) is 2. The number of nitrogens with two attached hydrogens (primary N) is 1. The number of aromatic nitrogens is 1. The molecule has 0 saturated heterocycles. The molecule has 98 valence electrons. The minimum Gasteiger partial charge on any atom is -0.320 e. The first-order valence-corrected chi connectivity index (χ1v) is 5.98. The van der Waals surface area contributed by atoms with Crippen LogP contribution in [0.1, 0.15) is 15.9 Å². The summed E-state index contributed by atoms with van der Waals surface area (Å²) in [6, 6.07) is 8.59. The van der Waals surface area contributed by atoms with Gasteiger partial charge in [0, 0.05) is 11.8 Å². The van der Waals surface area contributed by atoms with Gasteiger partial charge in [-0.3, -0.25) is 4.79 Å². The van der Waals surface area contributed by atoms with Crippen molar-refractivity contribution >= 4 is 29.0 Å². The standard InChI is InChI=1S/C13H13ClN4O/c1-8-3-2-4-10(14)12(8)17-13(19)9-5-6-16-11(7-9)18-15/h2-7H,15H2,1H3,(H,16,18)(H,17,19). The number of hydrogen-bond acceptors (Lipinski definition) is 4. The van der Waals surface area contributed by atoms with E-state index in [0.717, 1.165) is 5.56 Å². The molecule has 19 heavy (non-hydrogen) atoms. The van der Waals surface area contributed by atoms with Crippen molar-refractivity contribution in [2.75, 3.05) is 10.7 Å². The number of carbonyl (C=O) groups excluding carboxylic acids is 1. The molecule has 0 spiro atoms. The van der Waals surface area contributed by atoms with Crippen molar-refractivity contribution in [2.45, 2.75) is 6.92 Å². The van der Waals surface area contributed by atoms with Gasteiger partial charge in [-0.05, 0) is 30.7 Å². The van der Waals surface area contributed by atoms with Gasteiger partial charge in [-0.2, -0.15) is 0 Å². The van der Waals surface area contributed by atoms with E-state index in [4.69, 9.17) is 17.4 Å². The number of halogens is 1. The zero-order chi connectivity index (χ0) is 13.8. The Morgan fingerprint density at radius 1 is 1.37 bits per heavy atom. The van der Waals surface area contributed by atoms with Gasteiger partial charge in [-0.1, -0.05) is 23.7 Å². The zero-order valence-electron chi connectivity index (χ0n) is 10.3. The summed E-state index contributed by atoms with van der Waals surface area (Å²) < 4.78 is 0. The van der Waals surface area contributed by atoms with E-state index in [0.29, 0.717) is 22.1 Å². The number of pyridine rings is 1. The predicted octanol–water partition coefficient (Wildman–Crippen LogP) is 2.58. The highest BCUT2D eigenvalue weighted by atomic mass is 35.5. The number of amides is 1. The highest BCUT2D eigenvalue weighted by Crippen LogP contribution is 2.25. The highest BCUT2D eigenvalue weighted by Gasteiger charge is 2.11. The van der Waals surface area contributed by atoms with Crippen molar-refractivity contribution in [3.8, 4) is 0 Å². The molecule has 0 atom stereocenters. The third kappa shape index (κ3) is 3.01. The van der Waals surface area contributed by atoms with E-state index < -0.39 is 0 Å². The smallest absolute Gasteiger partial charge is 0.255 e. The van der Waals surface area contributed by atoms with E-state index in [9.17, 15) is 4.79 Å². The Balaban J connectivity index is 2.25. The molecule has 1 aromatic heterocycles. The lowest BCUT2D eigenvalue weighted by Crippen LogP contribution is -2.15. The number of hydrazine groups is 1. The first-order chi connectivity index (χ1) is 9.11. The fraction of sp³-hybridized carbons (Fsp3) is 0.0769. The van der Waals surface area contributed by atoms with Gasteiger partial charge in [-0.25, -0.2) is 10.8 Å². The summed E-state index contributed by atoms with van der Waals surface area (Å²) in [5.74, 6) is 5.41. The number of hydrogen-bond donors (Lipinski definition) is 3. The summed E-state index contributed by atoms with van der Waals surface area (Å²) in [5, 5.41) is 3.28. The monoisotopic (exact) mass is 276 g/mol. The van der Waals surface area contributed by atoms with Crippen LogP contribution in [0.3, 0.4) is 0 Å². The normalized spacial score (nSPS) is 10.1. The molecular weight excluding hydrogens is 264 g/mol. The van der Waals surface area contributed by atoms with Crippen LogP contribution in [0.25, 0.3) is 0 Å². The summed E-state index contributed by atoms with van der Waals surface area (Å²) in [6.07, 6.45) is 1.50. The molecule has 2 aromatic rings. The van der Waals surface area contributed by atoms with Crippen LogP contribution in [0.2, 0.25) is 5.02 Å². The van der Waals surface area contributed by atoms with Crippen molar-refractivity contribution in [2.24, 2.45) is 5.84 Å². The molecule has 0 fully saturated rings. The third-order valence-corrected chi connectivity index (χ3v) is 2.95. The molecule has 1 aromatic carbocycles. The Kier molecular flexibility index (Phi) is 3.99. The lowest BCUT2D eigenvalue weighted by Gasteiger charge is -2.10. The van der Waals surface area contributed by atoms with E-state index in [-0.39, 0.29) is 5.91 Å². The Bertz CT molecular complexity index is 595. The second kappa shape index (κ2) is 5.69. The molecule has 0 aliphatic rings. The lowest BCUT2D eigenvalue weighted by atomic mass is 10.2. The van der Waals surface area contributed by atoms with Gasteiger partial charge in [0.1, 0.15) is 5.82 Å². The number of carbonyl (C=O) groups is 1. The molecule has 0 saturated carbocycles. The molecule has 1 heterocycles.